The largest absolute Gasteiger partial charge is 0.454 e. The highest BCUT2D eigenvalue weighted by Crippen LogP contribution is 2.62. The molecule has 2 saturated carbocycles. The van der Waals surface area contributed by atoms with Crippen LogP contribution in [0.1, 0.15) is 40.7 Å². The molecule has 0 saturated heterocycles. The maximum absolute atomic E-state index is 13.8. The van der Waals surface area contributed by atoms with E-state index >= 15 is 0 Å². The van der Waals surface area contributed by atoms with Crippen molar-refractivity contribution in [1.82, 2.24) is 0 Å². The molecule has 4 aromatic carbocycles. The molecule has 0 amide bonds. The first-order valence-corrected chi connectivity index (χ1v) is 14.4. The van der Waals surface area contributed by atoms with Crippen LogP contribution in [0.3, 0.4) is 0 Å². The highest BCUT2D eigenvalue weighted by Gasteiger charge is 2.63. The zero-order valence-corrected chi connectivity index (χ0v) is 23.0. The van der Waals surface area contributed by atoms with E-state index in [1.807, 2.05) is 79.7 Å². The highest BCUT2D eigenvalue weighted by molar-refractivity contribution is 6.14. The molecule has 0 aromatic heterocycles. The van der Waals surface area contributed by atoms with Crippen LogP contribution in [-0.4, -0.2) is 24.1 Å². The lowest BCUT2D eigenvalue weighted by Crippen LogP contribution is -2.45. The summed E-state index contributed by atoms with van der Waals surface area (Å²) >= 11 is 0. The van der Waals surface area contributed by atoms with E-state index in [9.17, 15) is 9.59 Å². The number of rotatable bonds is 5. The number of ether oxygens (including phenoxy) is 2. The summed E-state index contributed by atoms with van der Waals surface area (Å²) in [5.41, 5.74) is 3.71. The van der Waals surface area contributed by atoms with Crippen molar-refractivity contribution < 1.29 is 19.1 Å². The summed E-state index contributed by atoms with van der Waals surface area (Å²) in [4.78, 5) is 27.6. The fraction of sp³-hybridized carbons (Fsp3) is 0.243. The molecule has 3 aliphatic carbocycles. The van der Waals surface area contributed by atoms with Gasteiger partial charge in [0.25, 0.3) is 0 Å². The first-order chi connectivity index (χ1) is 20.0. The van der Waals surface area contributed by atoms with Gasteiger partial charge < -0.3 is 9.47 Å². The molecule has 41 heavy (non-hydrogen) atoms. The number of hydrogen-bond donors (Lipinski definition) is 0. The van der Waals surface area contributed by atoms with Crippen molar-refractivity contribution in [3.63, 3.8) is 0 Å². The van der Waals surface area contributed by atoms with Crippen LogP contribution in [0.5, 0.6) is 0 Å². The SMILES string of the molecule is C=c1cccc/c1=C(/C=C\C)C(=O)OC1C2CC(C1OC(=O)c1cccc3ccccc13)C1c3ccccc3CC21. The van der Waals surface area contributed by atoms with Gasteiger partial charge in [-0.2, -0.15) is 0 Å². The molecule has 2 bridgehead atoms. The van der Waals surface area contributed by atoms with Gasteiger partial charge in [-0.05, 0) is 70.0 Å². The Morgan fingerprint density at radius 3 is 2.39 bits per heavy atom. The number of benzene rings is 4. The summed E-state index contributed by atoms with van der Waals surface area (Å²) in [6.45, 7) is 6.00. The number of allylic oxidation sites excluding steroid dienone is 1. The Labute approximate surface area is 239 Å². The van der Waals surface area contributed by atoms with Gasteiger partial charge in [-0.25, -0.2) is 9.59 Å². The first-order valence-electron chi connectivity index (χ1n) is 14.4. The van der Waals surface area contributed by atoms with Gasteiger partial charge in [0.2, 0.25) is 0 Å². The summed E-state index contributed by atoms with van der Waals surface area (Å²) in [6.07, 6.45) is 4.42. The average molecular weight is 541 g/mol. The van der Waals surface area contributed by atoms with Crippen molar-refractivity contribution in [2.24, 2.45) is 17.8 Å². The number of esters is 2. The van der Waals surface area contributed by atoms with Crippen LogP contribution in [0.2, 0.25) is 0 Å². The van der Waals surface area contributed by atoms with Crippen molar-refractivity contribution >= 4 is 34.9 Å². The van der Waals surface area contributed by atoms with Crippen LogP contribution < -0.4 is 10.4 Å². The molecular formula is C37H32O4. The molecule has 3 aliphatic rings. The molecule has 6 atom stereocenters. The van der Waals surface area contributed by atoms with Gasteiger partial charge in [0.05, 0.1) is 11.1 Å². The quantitative estimate of drug-likeness (QED) is 0.304. The summed E-state index contributed by atoms with van der Waals surface area (Å²) < 4.78 is 12.8. The molecule has 6 unspecified atom stereocenters. The maximum Gasteiger partial charge on any atom is 0.339 e. The van der Waals surface area contributed by atoms with E-state index in [1.54, 1.807) is 6.08 Å². The lowest BCUT2D eigenvalue weighted by Gasteiger charge is -2.37. The molecule has 7 rings (SSSR count). The van der Waals surface area contributed by atoms with Crippen LogP contribution >= 0.6 is 0 Å². The molecule has 4 nitrogen and oxygen atoms in total. The number of fused-ring (bicyclic) bond motifs is 8. The van der Waals surface area contributed by atoms with E-state index in [0.717, 1.165) is 34.1 Å². The highest BCUT2D eigenvalue weighted by atomic mass is 16.6. The van der Waals surface area contributed by atoms with E-state index in [4.69, 9.17) is 9.47 Å². The standard InChI is InChI=1S/C37H32O4/c1-3-11-28(25-16-7-4-12-22(25)2)36(38)40-34-31-21-32(33-27-18-9-6-14-24(27)20-30(31)33)35(34)41-37(39)29-19-10-15-23-13-5-8-17-26(23)29/h3-19,30-35H,2,20-21H2,1H3/b11-3-,28-25+. The van der Waals surface area contributed by atoms with Gasteiger partial charge >= 0.3 is 11.9 Å². The van der Waals surface area contributed by atoms with Crippen molar-refractivity contribution in [2.45, 2.75) is 37.9 Å². The predicted molar refractivity (Wildman–Crippen MR) is 160 cm³/mol. The second kappa shape index (κ2) is 10.2. The van der Waals surface area contributed by atoms with Crippen LogP contribution in [0, 0.1) is 17.8 Å². The number of carbonyl (C=O) groups is 2. The molecule has 4 heteroatoms. The molecule has 0 aliphatic heterocycles. The third-order valence-corrected chi connectivity index (χ3v) is 9.41. The number of hydrogen-bond acceptors (Lipinski definition) is 4. The Morgan fingerprint density at radius 1 is 0.805 bits per heavy atom. The van der Waals surface area contributed by atoms with Crippen LogP contribution in [0.4, 0.5) is 0 Å². The summed E-state index contributed by atoms with van der Waals surface area (Å²) in [6, 6.07) is 29.7. The van der Waals surface area contributed by atoms with Gasteiger partial charge in [0.1, 0.15) is 12.2 Å². The number of carbonyl (C=O) groups excluding carboxylic acids is 2. The third kappa shape index (κ3) is 4.21. The molecular weight excluding hydrogens is 508 g/mol. The van der Waals surface area contributed by atoms with Crippen molar-refractivity contribution in [2.75, 3.05) is 0 Å². The molecule has 0 N–H and O–H groups in total. The topological polar surface area (TPSA) is 52.6 Å². The van der Waals surface area contributed by atoms with Gasteiger partial charge in [0, 0.05) is 11.8 Å². The smallest absolute Gasteiger partial charge is 0.339 e. The van der Waals surface area contributed by atoms with E-state index in [-0.39, 0.29) is 17.8 Å². The molecule has 0 heterocycles. The normalized spacial score (nSPS) is 26.6. The van der Waals surface area contributed by atoms with Crippen LogP contribution in [0.25, 0.3) is 22.9 Å². The zero-order valence-electron chi connectivity index (χ0n) is 23.0. The predicted octanol–water partition coefficient (Wildman–Crippen LogP) is 5.72. The third-order valence-electron chi connectivity index (χ3n) is 9.41. The zero-order chi connectivity index (χ0) is 28.1. The minimum atomic E-state index is -0.523. The van der Waals surface area contributed by atoms with Gasteiger partial charge in [-0.3, -0.25) is 0 Å². The van der Waals surface area contributed by atoms with Gasteiger partial charge in [-0.15, -0.1) is 0 Å². The Kier molecular flexibility index (Phi) is 6.34. The van der Waals surface area contributed by atoms with Crippen molar-refractivity contribution in [3.8, 4) is 0 Å². The van der Waals surface area contributed by atoms with Crippen molar-refractivity contribution in [1.29, 1.82) is 0 Å². The second-order valence-corrected chi connectivity index (χ2v) is 11.5. The molecule has 204 valence electrons. The van der Waals surface area contributed by atoms with Crippen molar-refractivity contribution in [3.05, 3.63) is 130 Å². The maximum atomic E-state index is 13.8. The van der Waals surface area contributed by atoms with Gasteiger partial charge in [0.15, 0.2) is 0 Å². The van der Waals surface area contributed by atoms with Gasteiger partial charge in [-0.1, -0.05) is 104 Å². The monoisotopic (exact) mass is 540 g/mol. The Bertz CT molecular complexity index is 1810. The lowest BCUT2D eigenvalue weighted by atomic mass is 9.76. The van der Waals surface area contributed by atoms with E-state index < -0.39 is 18.2 Å². The minimum absolute atomic E-state index is 0.0932. The second-order valence-electron chi connectivity index (χ2n) is 11.5. The lowest BCUT2D eigenvalue weighted by molar-refractivity contribution is -0.154. The Hall–Kier alpha value is -4.44. The van der Waals surface area contributed by atoms with Crippen LogP contribution in [-0.2, 0) is 20.7 Å². The average Bonchev–Trinajstić information content (AvgIpc) is 3.65. The fourth-order valence-corrected chi connectivity index (χ4v) is 7.77. The van der Waals surface area contributed by atoms with E-state index in [1.165, 1.54) is 11.1 Å². The summed E-state index contributed by atoms with van der Waals surface area (Å²) in [5.74, 6) is 0.104. The van der Waals surface area contributed by atoms with E-state index in [2.05, 4.69) is 30.8 Å². The molecule has 0 spiro atoms. The molecule has 4 aromatic rings. The summed E-state index contributed by atoms with van der Waals surface area (Å²) in [5, 5.41) is 3.35. The molecule has 0 radical (unpaired) electrons. The van der Waals surface area contributed by atoms with E-state index in [0.29, 0.717) is 23.0 Å². The molecule has 2 fully saturated rings. The summed E-state index contributed by atoms with van der Waals surface area (Å²) in [7, 11) is 0. The Morgan fingerprint density at radius 2 is 1.54 bits per heavy atom. The van der Waals surface area contributed by atoms with Crippen LogP contribution in [0.15, 0.2) is 103 Å². The Balaban J connectivity index is 1.26. The first kappa shape index (κ1) is 25.5. The fourth-order valence-electron chi connectivity index (χ4n) is 7.77. The minimum Gasteiger partial charge on any atom is -0.454 e.